The summed E-state index contributed by atoms with van der Waals surface area (Å²) in [4.78, 5) is 43.8. The fourth-order valence-corrected chi connectivity index (χ4v) is 1.79. The number of hydrogen-bond acceptors (Lipinski definition) is 5. The standard InChI is InChI=1S/C12H23NO4S.H3O4P/c1-9(14)11(12(16)17)13-10(15)7-5-3-2-4-6-8-18;1-5(2,3)4/h9,11,14,18H,2-8H2,1H3,(H,13,15)(H,16,17);(H3,1,2,3,4). The molecule has 0 fully saturated rings. The van der Waals surface area contributed by atoms with Crippen LogP contribution in [0.3, 0.4) is 0 Å². The van der Waals surface area contributed by atoms with Crippen molar-refractivity contribution in [3.63, 3.8) is 0 Å². The van der Waals surface area contributed by atoms with E-state index < -0.39 is 25.9 Å². The number of aliphatic carboxylic acids is 1. The summed E-state index contributed by atoms with van der Waals surface area (Å²) < 4.78 is 8.88. The van der Waals surface area contributed by atoms with Crippen LogP contribution in [0.1, 0.15) is 45.4 Å². The van der Waals surface area contributed by atoms with Gasteiger partial charge >= 0.3 is 13.8 Å². The maximum Gasteiger partial charge on any atom is 0.466 e. The van der Waals surface area contributed by atoms with Crippen molar-refractivity contribution >= 4 is 32.3 Å². The van der Waals surface area contributed by atoms with Crippen LogP contribution in [0.25, 0.3) is 0 Å². The number of unbranched alkanes of at least 4 members (excludes halogenated alkanes) is 4. The predicted octanol–water partition coefficient (Wildman–Crippen LogP) is 0.278. The highest BCUT2D eigenvalue weighted by Crippen LogP contribution is 2.25. The number of carbonyl (C=O) groups excluding carboxylic acids is 1. The fraction of sp³-hybridized carbons (Fsp3) is 0.833. The van der Waals surface area contributed by atoms with Crippen LogP contribution in [-0.4, -0.2) is 54.7 Å². The van der Waals surface area contributed by atoms with E-state index in [0.717, 1.165) is 37.9 Å². The van der Waals surface area contributed by atoms with Gasteiger partial charge < -0.3 is 30.2 Å². The second kappa shape index (κ2) is 13.8. The minimum absolute atomic E-state index is 0.303. The molecule has 1 amide bonds. The van der Waals surface area contributed by atoms with Gasteiger partial charge in [0.25, 0.3) is 0 Å². The number of carbonyl (C=O) groups is 2. The first kappa shape index (κ1) is 24.6. The van der Waals surface area contributed by atoms with E-state index in [1.807, 2.05) is 0 Å². The zero-order valence-electron chi connectivity index (χ0n) is 13.0. The largest absolute Gasteiger partial charge is 0.480 e. The maximum atomic E-state index is 11.5. The van der Waals surface area contributed by atoms with E-state index in [1.165, 1.54) is 6.92 Å². The Balaban J connectivity index is 0. The quantitative estimate of drug-likeness (QED) is 0.162. The van der Waals surface area contributed by atoms with Crippen LogP contribution in [-0.2, 0) is 14.2 Å². The smallest absolute Gasteiger partial charge is 0.466 e. The van der Waals surface area contributed by atoms with E-state index in [9.17, 15) is 14.7 Å². The number of aliphatic hydroxyl groups excluding tert-OH is 1. The van der Waals surface area contributed by atoms with E-state index in [2.05, 4.69) is 17.9 Å². The molecule has 0 rings (SSSR count). The lowest BCUT2D eigenvalue weighted by Crippen LogP contribution is -2.47. The molecule has 2 unspecified atom stereocenters. The Morgan fingerprint density at radius 3 is 1.91 bits per heavy atom. The number of carboxylic acids is 1. The number of phosphoric acid groups is 1. The number of aliphatic hydroxyl groups is 1. The van der Waals surface area contributed by atoms with Crippen molar-refractivity contribution in [3.8, 4) is 0 Å². The van der Waals surface area contributed by atoms with Gasteiger partial charge in [-0.15, -0.1) is 0 Å². The van der Waals surface area contributed by atoms with Gasteiger partial charge in [0, 0.05) is 6.42 Å². The molecule has 11 heteroatoms. The van der Waals surface area contributed by atoms with Crippen molar-refractivity contribution in [2.24, 2.45) is 0 Å². The second-order valence-electron chi connectivity index (χ2n) is 4.88. The summed E-state index contributed by atoms with van der Waals surface area (Å²) >= 11 is 4.11. The van der Waals surface area contributed by atoms with Crippen molar-refractivity contribution in [1.29, 1.82) is 0 Å². The van der Waals surface area contributed by atoms with Gasteiger partial charge in [-0.05, 0) is 25.5 Å². The van der Waals surface area contributed by atoms with Crippen LogP contribution >= 0.6 is 20.5 Å². The second-order valence-corrected chi connectivity index (χ2v) is 6.35. The third-order valence-corrected chi connectivity index (χ3v) is 2.94. The third kappa shape index (κ3) is 21.4. The summed E-state index contributed by atoms with van der Waals surface area (Å²) in [6.07, 6.45) is 4.15. The molecule has 0 aromatic heterocycles. The van der Waals surface area contributed by atoms with Crippen molar-refractivity contribution < 1.29 is 39.0 Å². The molecule has 2 atom stereocenters. The number of nitrogens with one attached hydrogen (secondary N) is 1. The van der Waals surface area contributed by atoms with Crippen molar-refractivity contribution in [1.82, 2.24) is 5.32 Å². The molecule has 0 heterocycles. The maximum absolute atomic E-state index is 11.5. The summed E-state index contributed by atoms with van der Waals surface area (Å²) in [7, 11) is -4.64. The SMILES string of the molecule is CC(O)C(NC(=O)CCCCCCCS)C(=O)O.O=P(O)(O)O. The van der Waals surface area contributed by atoms with Crippen molar-refractivity contribution in [3.05, 3.63) is 0 Å². The van der Waals surface area contributed by atoms with E-state index >= 15 is 0 Å². The molecule has 0 spiro atoms. The first-order valence-corrected chi connectivity index (χ1v) is 9.28. The molecule has 6 N–H and O–H groups in total. The molecular formula is C12H26NO8PS. The summed E-state index contributed by atoms with van der Waals surface area (Å²) in [6.45, 7) is 1.34. The zero-order valence-corrected chi connectivity index (χ0v) is 14.7. The molecule has 0 bridgehead atoms. The Morgan fingerprint density at radius 2 is 1.52 bits per heavy atom. The lowest BCUT2D eigenvalue weighted by Gasteiger charge is -2.16. The lowest BCUT2D eigenvalue weighted by molar-refractivity contribution is -0.144. The number of amides is 1. The van der Waals surface area contributed by atoms with E-state index in [-0.39, 0.29) is 5.91 Å². The van der Waals surface area contributed by atoms with Crippen molar-refractivity contribution in [2.75, 3.05) is 5.75 Å². The minimum Gasteiger partial charge on any atom is -0.480 e. The van der Waals surface area contributed by atoms with Crippen molar-refractivity contribution in [2.45, 2.75) is 57.6 Å². The molecule has 0 aromatic rings. The topological polar surface area (TPSA) is 164 Å². The van der Waals surface area contributed by atoms with Gasteiger partial charge in [-0.2, -0.15) is 12.6 Å². The Labute approximate surface area is 140 Å². The molecule has 23 heavy (non-hydrogen) atoms. The van der Waals surface area contributed by atoms with Gasteiger partial charge in [0.1, 0.15) is 0 Å². The van der Waals surface area contributed by atoms with E-state index in [4.69, 9.17) is 24.4 Å². The Bertz CT molecular complexity index is 379. The van der Waals surface area contributed by atoms with Crippen LogP contribution in [0.5, 0.6) is 0 Å². The Kier molecular flexibility index (Phi) is 14.7. The van der Waals surface area contributed by atoms with Crippen LogP contribution in [0, 0.1) is 0 Å². The molecule has 0 aliphatic carbocycles. The van der Waals surface area contributed by atoms with Gasteiger partial charge in [-0.3, -0.25) is 4.79 Å². The van der Waals surface area contributed by atoms with Crippen LogP contribution in [0.15, 0.2) is 0 Å². The molecule has 0 aliphatic heterocycles. The van der Waals surface area contributed by atoms with Gasteiger partial charge in [0.05, 0.1) is 6.10 Å². The lowest BCUT2D eigenvalue weighted by atomic mass is 10.1. The van der Waals surface area contributed by atoms with Crippen LogP contribution in [0.4, 0.5) is 0 Å². The minimum atomic E-state index is -4.64. The monoisotopic (exact) mass is 375 g/mol. The molecule has 0 saturated heterocycles. The molecule has 0 radical (unpaired) electrons. The fourth-order valence-electron chi connectivity index (χ4n) is 1.56. The highest BCUT2D eigenvalue weighted by molar-refractivity contribution is 7.80. The molecular weight excluding hydrogens is 349 g/mol. The number of thiol groups is 1. The Hall–Kier alpha value is -0.640. The average Bonchev–Trinajstić information content (AvgIpc) is 2.37. The van der Waals surface area contributed by atoms with Gasteiger partial charge in [0.2, 0.25) is 5.91 Å². The van der Waals surface area contributed by atoms with E-state index in [0.29, 0.717) is 6.42 Å². The molecule has 0 saturated carbocycles. The summed E-state index contributed by atoms with van der Waals surface area (Å²) in [5.74, 6) is -0.653. The summed E-state index contributed by atoms with van der Waals surface area (Å²) in [5, 5.41) is 20.3. The van der Waals surface area contributed by atoms with Crippen LogP contribution in [0.2, 0.25) is 0 Å². The first-order chi connectivity index (χ1) is 10.5. The van der Waals surface area contributed by atoms with E-state index in [1.54, 1.807) is 0 Å². The normalized spacial score (nSPS) is 13.5. The number of carboxylic acid groups (broad SMARTS) is 1. The molecule has 138 valence electrons. The number of hydrogen-bond donors (Lipinski definition) is 7. The predicted molar refractivity (Wildman–Crippen MR) is 87.1 cm³/mol. The summed E-state index contributed by atoms with van der Waals surface area (Å²) in [6, 6.07) is -1.22. The molecule has 0 aromatic carbocycles. The third-order valence-electron chi connectivity index (χ3n) is 2.63. The van der Waals surface area contributed by atoms with Gasteiger partial charge in [-0.25, -0.2) is 9.36 Å². The van der Waals surface area contributed by atoms with Crippen LogP contribution < -0.4 is 5.32 Å². The molecule has 9 nitrogen and oxygen atoms in total. The van der Waals surface area contributed by atoms with Gasteiger partial charge in [0.15, 0.2) is 6.04 Å². The molecule has 0 aliphatic rings. The zero-order chi connectivity index (χ0) is 18.5. The summed E-state index contributed by atoms with van der Waals surface area (Å²) in [5.41, 5.74) is 0. The highest BCUT2D eigenvalue weighted by Gasteiger charge is 2.24. The van der Waals surface area contributed by atoms with Gasteiger partial charge in [-0.1, -0.05) is 19.3 Å². The Morgan fingerprint density at radius 1 is 1.09 bits per heavy atom. The highest BCUT2D eigenvalue weighted by atomic mass is 32.1. The number of rotatable bonds is 10. The average molecular weight is 375 g/mol. The first-order valence-electron chi connectivity index (χ1n) is 7.08.